The number of amides is 1. The van der Waals surface area contributed by atoms with E-state index in [0.29, 0.717) is 29.4 Å². The van der Waals surface area contributed by atoms with Gasteiger partial charge in [-0.1, -0.05) is 18.2 Å². The summed E-state index contributed by atoms with van der Waals surface area (Å²) in [5, 5.41) is 2.88. The molecule has 0 aliphatic rings. The van der Waals surface area contributed by atoms with E-state index in [9.17, 15) is 4.79 Å². The van der Waals surface area contributed by atoms with E-state index >= 15 is 0 Å². The molecule has 0 saturated heterocycles. The fourth-order valence-electron chi connectivity index (χ4n) is 2.33. The lowest BCUT2D eigenvalue weighted by Crippen LogP contribution is -2.23. The van der Waals surface area contributed by atoms with E-state index in [0.717, 1.165) is 11.1 Å². The standard InChI is InChI=1S/C18H21NO4/c1-12-8-9-13(10-16(12)22-3)18(20)19-11-14-6-5-7-15(21-2)17(14)23-4/h5-10H,11H2,1-4H3,(H,19,20). The Labute approximate surface area is 136 Å². The Morgan fingerprint density at radius 3 is 2.39 bits per heavy atom. The van der Waals surface area contributed by atoms with Crippen molar-refractivity contribution in [3.05, 3.63) is 53.1 Å². The van der Waals surface area contributed by atoms with Gasteiger partial charge in [-0.3, -0.25) is 4.79 Å². The monoisotopic (exact) mass is 315 g/mol. The fourth-order valence-corrected chi connectivity index (χ4v) is 2.33. The highest BCUT2D eigenvalue weighted by Crippen LogP contribution is 2.30. The summed E-state index contributed by atoms with van der Waals surface area (Å²) in [6, 6.07) is 10.9. The molecule has 0 radical (unpaired) electrons. The van der Waals surface area contributed by atoms with Crippen molar-refractivity contribution in [1.82, 2.24) is 5.32 Å². The summed E-state index contributed by atoms with van der Waals surface area (Å²) < 4.78 is 15.9. The van der Waals surface area contributed by atoms with Crippen molar-refractivity contribution < 1.29 is 19.0 Å². The summed E-state index contributed by atoms with van der Waals surface area (Å²) in [6.45, 7) is 2.27. The number of carbonyl (C=O) groups is 1. The van der Waals surface area contributed by atoms with Crippen LogP contribution in [0.4, 0.5) is 0 Å². The second-order valence-electron chi connectivity index (χ2n) is 5.02. The quantitative estimate of drug-likeness (QED) is 0.890. The molecule has 0 aliphatic carbocycles. The Balaban J connectivity index is 2.13. The highest BCUT2D eigenvalue weighted by molar-refractivity contribution is 5.94. The normalized spacial score (nSPS) is 10.1. The first kappa shape index (κ1) is 16.7. The van der Waals surface area contributed by atoms with E-state index in [4.69, 9.17) is 14.2 Å². The molecule has 2 aromatic rings. The van der Waals surface area contributed by atoms with Gasteiger partial charge in [0, 0.05) is 17.7 Å². The third-order valence-electron chi connectivity index (χ3n) is 3.59. The molecule has 0 unspecified atom stereocenters. The molecule has 0 heterocycles. The largest absolute Gasteiger partial charge is 0.496 e. The van der Waals surface area contributed by atoms with Gasteiger partial charge in [-0.05, 0) is 30.7 Å². The van der Waals surface area contributed by atoms with E-state index in [1.54, 1.807) is 33.5 Å². The van der Waals surface area contributed by atoms with Crippen LogP contribution in [0.1, 0.15) is 21.5 Å². The first-order valence-electron chi connectivity index (χ1n) is 7.23. The summed E-state index contributed by atoms with van der Waals surface area (Å²) in [4.78, 5) is 12.3. The number of rotatable bonds is 6. The number of ether oxygens (including phenoxy) is 3. The molecule has 0 aromatic heterocycles. The third-order valence-corrected chi connectivity index (χ3v) is 3.59. The van der Waals surface area contributed by atoms with E-state index in [1.807, 2.05) is 31.2 Å². The molecule has 0 bridgehead atoms. The van der Waals surface area contributed by atoms with Crippen molar-refractivity contribution in [1.29, 1.82) is 0 Å². The van der Waals surface area contributed by atoms with Crippen molar-refractivity contribution in [3.8, 4) is 17.2 Å². The summed E-state index contributed by atoms with van der Waals surface area (Å²) in [5.74, 6) is 1.78. The topological polar surface area (TPSA) is 56.8 Å². The molecular weight excluding hydrogens is 294 g/mol. The molecule has 0 aliphatic heterocycles. The Hall–Kier alpha value is -2.69. The van der Waals surface area contributed by atoms with Crippen LogP contribution in [0.5, 0.6) is 17.2 Å². The Kier molecular flexibility index (Phi) is 5.46. The number of methoxy groups -OCH3 is 3. The molecular formula is C18H21NO4. The van der Waals surface area contributed by atoms with Crippen LogP contribution in [0.2, 0.25) is 0 Å². The number of carbonyl (C=O) groups excluding carboxylic acids is 1. The zero-order valence-electron chi connectivity index (χ0n) is 13.8. The van der Waals surface area contributed by atoms with Gasteiger partial charge in [0.1, 0.15) is 5.75 Å². The van der Waals surface area contributed by atoms with Crippen LogP contribution < -0.4 is 19.5 Å². The van der Waals surface area contributed by atoms with E-state index in [1.165, 1.54) is 0 Å². The second-order valence-corrected chi connectivity index (χ2v) is 5.02. The van der Waals surface area contributed by atoms with Crippen molar-refractivity contribution in [2.45, 2.75) is 13.5 Å². The van der Waals surface area contributed by atoms with Gasteiger partial charge in [-0.15, -0.1) is 0 Å². The van der Waals surface area contributed by atoms with Gasteiger partial charge in [0.05, 0.1) is 21.3 Å². The van der Waals surface area contributed by atoms with E-state index in [2.05, 4.69) is 5.32 Å². The van der Waals surface area contributed by atoms with Gasteiger partial charge in [-0.25, -0.2) is 0 Å². The first-order chi connectivity index (χ1) is 11.1. The summed E-state index contributed by atoms with van der Waals surface area (Å²) >= 11 is 0. The number of para-hydroxylation sites is 1. The van der Waals surface area contributed by atoms with Gasteiger partial charge in [0.25, 0.3) is 5.91 Å². The zero-order chi connectivity index (χ0) is 16.8. The van der Waals surface area contributed by atoms with Crippen LogP contribution in [-0.4, -0.2) is 27.2 Å². The van der Waals surface area contributed by atoms with Gasteiger partial charge in [-0.2, -0.15) is 0 Å². The maximum Gasteiger partial charge on any atom is 0.251 e. The molecule has 1 amide bonds. The van der Waals surface area contributed by atoms with Gasteiger partial charge >= 0.3 is 0 Å². The molecule has 0 saturated carbocycles. The van der Waals surface area contributed by atoms with Crippen LogP contribution in [0.25, 0.3) is 0 Å². The number of aryl methyl sites for hydroxylation is 1. The predicted octanol–water partition coefficient (Wildman–Crippen LogP) is 2.95. The minimum absolute atomic E-state index is 0.173. The lowest BCUT2D eigenvalue weighted by molar-refractivity contribution is 0.0950. The molecule has 5 heteroatoms. The zero-order valence-corrected chi connectivity index (χ0v) is 13.8. The van der Waals surface area contributed by atoms with Gasteiger partial charge in [0.2, 0.25) is 0 Å². The first-order valence-corrected chi connectivity index (χ1v) is 7.23. The van der Waals surface area contributed by atoms with Crippen LogP contribution in [-0.2, 0) is 6.54 Å². The smallest absolute Gasteiger partial charge is 0.251 e. The summed E-state index contributed by atoms with van der Waals surface area (Å²) in [5.41, 5.74) is 2.38. The van der Waals surface area contributed by atoms with Crippen molar-refractivity contribution in [2.24, 2.45) is 0 Å². The minimum atomic E-state index is -0.173. The van der Waals surface area contributed by atoms with Gasteiger partial charge < -0.3 is 19.5 Å². The predicted molar refractivity (Wildman–Crippen MR) is 88.4 cm³/mol. The van der Waals surface area contributed by atoms with Crippen molar-refractivity contribution >= 4 is 5.91 Å². The van der Waals surface area contributed by atoms with Crippen molar-refractivity contribution in [3.63, 3.8) is 0 Å². The maximum atomic E-state index is 12.3. The van der Waals surface area contributed by atoms with Gasteiger partial charge in [0.15, 0.2) is 11.5 Å². The molecule has 0 fully saturated rings. The SMILES string of the molecule is COc1cc(C(=O)NCc2cccc(OC)c2OC)ccc1C. The second kappa shape index (κ2) is 7.54. The number of benzene rings is 2. The number of hydrogen-bond acceptors (Lipinski definition) is 4. The molecule has 2 rings (SSSR count). The highest BCUT2D eigenvalue weighted by atomic mass is 16.5. The van der Waals surface area contributed by atoms with Crippen molar-refractivity contribution in [2.75, 3.05) is 21.3 Å². The van der Waals surface area contributed by atoms with E-state index < -0.39 is 0 Å². The number of nitrogens with one attached hydrogen (secondary N) is 1. The minimum Gasteiger partial charge on any atom is -0.496 e. The summed E-state index contributed by atoms with van der Waals surface area (Å²) in [6.07, 6.45) is 0. The molecule has 2 aromatic carbocycles. The maximum absolute atomic E-state index is 12.3. The highest BCUT2D eigenvalue weighted by Gasteiger charge is 2.12. The average Bonchev–Trinajstić information content (AvgIpc) is 2.59. The Bertz CT molecular complexity index is 697. The lowest BCUT2D eigenvalue weighted by atomic mass is 10.1. The molecule has 1 N–H and O–H groups in total. The van der Waals surface area contributed by atoms with Crippen LogP contribution in [0.3, 0.4) is 0 Å². The Morgan fingerprint density at radius 1 is 1.00 bits per heavy atom. The molecule has 122 valence electrons. The van der Waals surface area contributed by atoms with Crippen LogP contribution in [0.15, 0.2) is 36.4 Å². The Morgan fingerprint density at radius 2 is 1.74 bits per heavy atom. The lowest BCUT2D eigenvalue weighted by Gasteiger charge is -2.13. The fraction of sp³-hybridized carbons (Fsp3) is 0.278. The van der Waals surface area contributed by atoms with E-state index in [-0.39, 0.29) is 5.91 Å². The molecule has 0 atom stereocenters. The average molecular weight is 315 g/mol. The molecule has 5 nitrogen and oxygen atoms in total. The number of hydrogen-bond donors (Lipinski definition) is 1. The van der Waals surface area contributed by atoms with Crippen LogP contribution >= 0.6 is 0 Å². The van der Waals surface area contributed by atoms with Crippen LogP contribution in [0, 0.1) is 6.92 Å². The molecule has 23 heavy (non-hydrogen) atoms. The molecule has 0 spiro atoms. The summed E-state index contributed by atoms with van der Waals surface area (Å²) in [7, 11) is 4.75. The third kappa shape index (κ3) is 3.74.